The molecule has 0 fully saturated rings. The molecule has 3 aromatic carbocycles. The quantitative estimate of drug-likeness (QED) is 0.667. The molecule has 0 amide bonds. The van der Waals surface area contributed by atoms with E-state index in [1.165, 1.54) is 14.2 Å². The van der Waals surface area contributed by atoms with E-state index in [0.29, 0.717) is 16.7 Å². The molecule has 0 radical (unpaired) electrons. The standard InChI is InChI=1S/C21H18O4/c1-13-11-12-16(15-8-5-4-7-14(13)15)19-17(20(22)24-2)9-6-10-18(19)21(23)25-3/h4-12H,1-3H3. The Bertz CT molecular complexity index is 939. The van der Waals surface area contributed by atoms with E-state index < -0.39 is 11.9 Å². The molecule has 0 saturated carbocycles. The second-order valence-electron chi connectivity index (χ2n) is 5.69. The topological polar surface area (TPSA) is 52.6 Å². The van der Waals surface area contributed by atoms with E-state index in [1.54, 1.807) is 18.2 Å². The van der Waals surface area contributed by atoms with Crippen LogP contribution in [0.3, 0.4) is 0 Å². The van der Waals surface area contributed by atoms with Crippen LogP contribution in [0.4, 0.5) is 0 Å². The van der Waals surface area contributed by atoms with Gasteiger partial charge in [0.15, 0.2) is 0 Å². The highest BCUT2D eigenvalue weighted by molar-refractivity contribution is 6.11. The molecule has 25 heavy (non-hydrogen) atoms. The Morgan fingerprint density at radius 2 is 1.28 bits per heavy atom. The van der Waals surface area contributed by atoms with Crippen LogP contribution in [-0.4, -0.2) is 26.2 Å². The summed E-state index contributed by atoms with van der Waals surface area (Å²) in [6.45, 7) is 2.03. The van der Waals surface area contributed by atoms with Gasteiger partial charge in [0.1, 0.15) is 0 Å². The summed E-state index contributed by atoms with van der Waals surface area (Å²) in [6, 6.07) is 16.8. The van der Waals surface area contributed by atoms with Crippen LogP contribution in [0.2, 0.25) is 0 Å². The predicted molar refractivity (Wildman–Crippen MR) is 96.8 cm³/mol. The van der Waals surface area contributed by atoms with Crippen molar-refractivity contribution >= 4 is 22.7 Å². The van der Waals surface area contributed by atoms with Crippen molar-refractivity contribution in [3.05, 3.63) is 71.3 Å². The molecule has 0 N–H and O–H groups in total. The molecule has 126 valence electrons. The first-order chi connectivity index (χ1) is 12.1. The zero-order valence-corrected chi connectivity index (χ0v) is 14.3. The maximum absolute atomic E-state index is 12.3. The number of ether oxygens (including phenoxy) is 2. The largest absolute Gasteiger partial charge is 0.465 e. The number of carbonyl (C=O) groups is 2. The fourth-order valence-electron chi connectivity index (χ4n) is 3.07. The number of methoxy groups -OCH3 is 2. The molecule has 0 aliphatic rings. The number of rotatable bonds is 3. The molecule has 0 heterocycles. The lowest BCUT2D eigenvalue weighted by molar-refractivity contribution is 0.0601. The molecule has 3 aromatic rings. The average molecular weight is 334 g/mol. The summed E-state index contributed by atoms with van der Waals surface area (Å²) in [4.78, 5) is 24.6. The molecular formula is C21H18O4. The van der Waals surface area contributed by atoms with Gasteiger partial charge in [-0.15, -0.1) is 0 Å². The Labute approximate surface area is 146 Å². The molecule has 0 unspecified atom stereocenters. The lowest BCUT2D eigenvalue weighted by atomic mass is 9.89. The van der Waals surface area contributed by atoms with Crippen LogP contribution >= 0.6 is 0 Å². The third kappa shape index (κ3) is 2.87. The number of aryl methyl sites for hydroxylation is 1. The Hall–Kier alpha value is -3.14. The van der Waals surface area contributed by atoms with E-state index in [9.17, 15) is 9.59 Å². The van der Waals surface area contributed by atoms with Crippen molar-refractivity contribution in [1.29, 1.82) is 0 Å². The van der Waals surface area contributed by atoms with Gasteiger partial charge in [0, 0.05) is 5.56 Å². The smallest absolute Gasteiger partial charge is 0.338 e. The van der Waals surface area contributed by atoms with Crippen LogP contribution < -0.4 is 0 Å². The highest BCUT2D eigenvalue weighted by atomic mass is 16.5. The normalized spacial score (nSPS) is 10.5. The monoisotopic (exact) mass is 334 g/mol. The van der Waals surface area contributed by atoms with Gasteiger partial charge in [-0.25, -0.2) is 9.59 Å². The third-order valence-electron chi connectivity index (χ3n) is 4.29. The number of fused-ring (bicyclic) bond motifs is 1. The van der Waals surface area contributed by atoms with Crippen LogP contribution in [0.5, 0.6) is 0 Å². The summed E-state index contributed by atoms with van der Waals surface area (Å²) in [5, 5.41) is 2.03. The summed E-state index contributed by atoms with van der Waals surface area (Å²) < 4.78 is 9.82. The van der Waals surface area contributed by atoms with E-state index in [4.69, 9.17) is 9.47 Å². The maximum atomic E-state index is 12.3. The fraction of sp³-hybridized carbons (Fsp3) is 0.143. The second-order valence-corrected chi connectivity index (χ2v) is 5.69. The van der Waals surface area contributed by atoms with Gasteiger partial charge in [0.2, 0.25) is 0 Å². The van der Waals surface area contributed by atoms with Gasteiger partial charge >= 0.3 is 11.9 Å². The van der Waals surface area contributed by atoms with Gasteiger partial charge in [-0.2, -0.15) is 0 Å². The van der Waals surface area contributed by atoms with E-state index >= 15 is 0 Å². The SMILES string of the molecule is COC(=O)c1cccc(C(=O)OC)c1-c1ccc(C)c2ccccc12. The highest BCUT2D eigenvalue weighted by Crippen LogP contribution is 2.35. The molecule has 0 saturated heterocycles. The summed E-state index contributed by atoms with van der Waals surface area (Å²) >= 11 is 0. The minimum atomic E-state index is -0.495. The first kappa shape index (κ1) is 16.7. The molecule has 0 aliphatic carbocycles. The van der Waals surface area contributed by atoms with Crippen LogP contribution in [0.1, 0.15) is 26.3 Å². The van der Waals surface area contributed by atoms with E-state index in [-0.39, 0.29) is 0 Å². The first-order valence-electron chi connectivity index (χ1n) is 7.87. The zero-order valence-electron chi connectivity index (χ0n) is 14.3. The lowest BCUT2D eigenvalue weighted by Crippen LogP contribution is -2.10. The molecule has 4 nitrogen and oxygen atoms in total. The number of esters is 2. The van der Waals surface area contributed by atoms with Crippen molar-refractivity contribution in [2.45, 2.75) is 6.92 Å². The van der Waals surface area contributed by atoms with Crippen molar-refractivity contribution < 1.29 is 19.1 Å². The lowest BCUT2D eigenvalue weighted by Gasteiger charge is -2.15. The summed E-state index contributed by atoms with van der Waals surface area (Å²) in [7, 11) is 2.65. The predicted octanol–water partition coefficient (Wildman–Crippen LogP) is 4.39. The van der Waals surface area contributed by atoms with E-state index in [1.807, 2.05) is 43.3 Å². The Morgan fingerprint density at radius 3 is 1.84 bits per heavy atom. The minimum Gasteiger partial charge on any atom is -0.465 e. The van der Waals surface area contributed by atoms with Gasteiger partial charge in [-0.1, -0.05) is 42.5 Å². The second kappa shape index (κ2) is 6.77. The average Bonchev–Trinajstić information content (AvgIpc) is 2.67. The van der Waals surface area contributed by atoms with E-state index in [0.717, 1.165) is 21.9 Å². The first-order valence-corrected chi connectivity index (χ1v) is 7.87. The Kier molecular flexibility index (Phi) is 4.52. The van der Waals surface area contributed by atoms with Gasteiger partial charge < -0.3 is 9.47 Å². The van der Waals surface area contributed by atoms with Crippen LogP contribution in [-0.2, 0) is 9.47 Å². The minimum absolute atomic E-state index is 0.333. The molecule has 4 heteroatoms. The number of carbonyl (C=O) groups excluding carboxylic acids is 2. The molecule has 0 spiro atoms. The van der Waals surface area contributed by atoms with Crippen LogP contribution in [0, 0.1) is 6.92 Å². The zero-order chi connectivity index (χ0) is 18.0. The van der Waals surface area contributed by atoms with Gasteiger partial charge in [0.05, 0.1) is 25.3 Å². The number of hydrogen-bond donors (Lipinski definition) is 0. The molecule has 0 atom stereocenters. The number of benzene rings is 3. The molecule has 3 rings (SSSR count). The third-order valence-corrected chi connectivity index (χ3v) is 4.29. The molecular weight excluding hydrogens is 316 g/mol. The van der Waals surface area contributed by atoms with Crippen LogP contribution in [0.15, 0.2) is 54.6 Å². The van der Waals surface area contributed by atoms with Crippen molar-refractivity contribution in [2.75, 3.05) is 14.2 Å². The molecule has 0 aromatic heterocycles. The maximum Gasteiger partial charge on any atom is 0.338 e. The van der Waals surface area contributed by atoms with Crippen molar-refractivity contribution in [3.8, 4) is 11.1 Å². The summed E-state index contributed by atoms with van der Waals surface area (Å²) in [5.74, 6) is -0.990. The van der Waals surface area contributed by atoms with Crippen molar-refractivity contribution in [1.82, 2.24) is 0 Å². The van der Waals surface area contributed by atoms with Crippen molar-refractivity contribution in [3.63, 3.8) is 0 Å². The summed E-state index contributed by atoms with van der Waals surface area (Å²) in [6.07, 6.45) is 0. The van der Waals surface area contributed by atoms with E-state index in [2.05, 4.69) is 0 Å². The van der Waals surface area contributed by atoms with Crippen molar-refractivity contribution in [2.24, 2.45) is 0 Å². The fourth-order valence-corrected chi connectivity index (χ4v) is 3.07. The summed E-state index contributed by atoms with van der Waals surface area (Å²) in [5.41, 5.74) is 3.10. The van der Waals surface area contributed by atoms with Gasteiger partial charge in [-0.05, 0) is 41.0 Å². The highest BCUT2D eigenvalue weighted by Gasteiger charge is 2.22. The number of hydrogen-bond acceptors (Lipinski definition) is 4. The van der Waals surface area contributed by atoms with Gasteiger partial charge in [-0.3, -0.25) is 0 Å². The Balaban J connectivity index is 2.42. The van der Waals surface area contributed by atoms with Crippen LogP contribution in [0.25, 0.3) is 21.9 Å². The molecule has 0 bridgehead atoms. The van der Waals surface area contributed by atoms with Gasteiger partial charge in [0.25, 0.3) is 0 Å². The molecule has 0 aliphatic heterocycles. The Morgan fingerprint density at radius 1 is 0.720 bits per heavy atom.